The lowest BCUT2D eigenvalue weighted by atomic mass is 10.2. The summed E-state index contributed by atoms with van der Waals surface area (Å²) < 4.78 is 0. The number of pyridine rings is 1. The molecule has 0 aliphatic heterocycles. The van der Waals surface area contributed by atoms with Crippen molar-refractivity contribution in [2.45, 2.75) is 19.9 Å². The first-order chi connectivity index (χ1) is 11.6. The number of carbonyl (C=O) groups is 2. The van der Waals surface area contributed by atoms with Crippen LogP contribution < -0.4 is 5.32 Å². The van der Waals surface area contributed by atoms with Gasteiger partial charge >= 0.3 is 0 Å². The van der Waals surface area contributed by atoms with Crippen LogP contribution in [-0.2, 0) is 16.1 Å². The van der Waals surface area contributed by atoms with Gasteiger partial charge in [-0.1, -0.05) is 6.07 Å². The molecule has 0 atom stereocenters. The third-order valence-electron chi connectivity index (χ3n) is 3.45. The fourth-order valence-corrected chi connectivity index (χ4v) is 2.18. The fourth-order valence-electron chi connectivity index (χ4n) is 2.18. The molecule has 0 bridgehead atoms. The third-order valence-corrected chi connectivity index (χ3v) is 3.45. The molecule has 0 fully saturated rings. The van der Waals surface area contributed by atoms with Crippen LogP contribution in [0, 0.1) is 11.3 Å². The van der Waals surface area contributed by atoms with Gasteiger partial charge in [-0.05, 0) is 35.9 Å². The summed E-state index contributed by atoms with van der Waals surface area (Å²) in [6.07, 6.45) is 3.52. The molecule has 122 valence electrons. The molecule has 2 rings (SSSR count). The predicted molar refractivity (Wildman–Crippen MR) is 89.7 cm³/mol. The normalized spacial score (nSPS) is 9.83. The highest BCUT2D eigenvalue weighted by molar-refractivity contribution is 5.91. The van der Waals surface area contributed by atoms with Gasteiger partial charge in [0, 0.05) is 44.5 Å². The number of nitrogens with zero attached hydrogens (tertiary/aromatic N) is 3. The number of nitrogens with one attached hydrogen (secondary N) is 1. The average Bonchev–Trinajstić information content (AvgIpc) is 2.59. The van der Waals surface area contributed by atoms with Crippen molar-refractivity contribution in [1.82, 2.24) is 9.88 Å². The average molecular weight is 322 g/mol. The van der Waals surface area contributed by atoms with Gasteiger partial charge in [0.2, 0.25) is 11.8 Å². The van der Waals surface area contributed by atoms with Crippen molar-refractivity contribution < 1.29 is 9.59 Å². The summed E-state index contributed by atoms with van der Waals surface area (Å²) in [5.41, 5.74) is 2.01. The Hall–Kier alpha value is -3.20. The molecule has 2 amide bonds. The number of hydrogen-bond acceptors (Lipinski definition) is 4. The number of carbonyl (C=O) groups excluding carboxylic acids is 2. The van der Waals surface area contributed by atoms with E-state index in [1.165, 1.54) is 6.92 Å². The quantitative estimate of drug-likeness (QED) is 0.884. The van der Waals surface area contributed by atoms with E-state index >= 15 is 0 Å². The smallest absolute Gasteiger partial charge is 0.226 e. The van der Waals surface area contributed by atoms with Crippen molar-refractivity contribution in [2.24, 2.45) is 0 Å². The van der Waals surface area contributed by atoms with E-state index < -0.39 is 0 Å². The van der Waals surface area contributed by atoms with Gasteiger partial charge in [-0.15, -0.1) is 0 Å². The Morgan fingerprint density at radius 3 is 2.67 bits per heavy atom. The van der Waals surface area contributed by atoms with Crippen molar-refractivity contribution in [3.8, 4) is 6.07 Å². The summed E-state index contributed by atoms with van der Waals surface area (Å²) in [5, 5.41) is 11.6. The lowest BCUT2D eigenvalue weighted by Crippen LogP contribution is -2.31. The van der Waals surface area contributed by atoms with Crippen LogP contribution in [0.25, 0.3) is 0 Å². The number of nitriles is 1. The van der Waals surface area contributed by atoms with E-state index in [4.69, 9.17) is 5.26 Å². The van der Waals surface area contributed by atoms with Gasteiger partial charge in [-0.2, -0.15) is 5.26 Å². The zero-order chi connectivity index (χ0) is 17.4. The minimum absolute atomic E-state index is 0.0916. The second-order valence-electron chi connectivity index (χ2n) is 5.29. The largest absolute Gasteiger partial charge is 0.338 e. The number of rotatable bonds is 6. The van der Waals surface area contributed by atoms with Crippen LogP contribution in [0.2, 0.25) is 0 Å². The SMILES string of the molecule is CC(=O)N(CCC(=O)Nc1cccc(C#N)c1)Cc1ccncc1. The Balaban J connectivity index is 1.90. The molecule has 0 unspecified atom stereocenters. The van der Waals surface area contributed by atoms with E-state index in [0.29, 0.717) is 24.3 Å². The highest BCUT2D eigenvalue weighted by Gasteiger charge is 2.12. The summed E-state index contributed by atoms with van der Waals surface area (Å²) in [6.45, 7) is 2.24. The lowest BCUT2D eigenvalue weighted by Gasteiger charge is -2.20. The fraction of sp³-hybridized carbons (Fsp3) is 0.222. The Bertz CT molecular complexity index is 753. The van der Waals surface area contributed by atoms with Gasteiger partial charge < -0.3 is 10.2 Å². The molecular weight excluding hydrogens is 304 g/mol. The molecule has 1 N–H and O–H groups in total. The van der Waals surface area contributed by atoms with Gasteiger partial charge in [-0.3, -0.25) is 14.6 Å². The lowest BCUT2D eigenvalue weighted by molar-refractivity contribution is -0.129. The second-order valence-corrected chi connectivity index (χ2v) is 5.29. The Kier molecular flexibility index (Phi) is 6.03. The van der Waals surface area contributed by atoms with Gasteiger partial charge in [0.15, 0.2) is 0 Å². The minimum atomic E-state index is -0.203. The second kappa shape index (κ2) is 8.44. The first-order valence-corrected chi connectivity index (χ1v) is 7.53. The summed E-state index contributed by atoms with van der Waals surface area (Å²) in [5.74, 6) is -0.294. The third kappa shape index (κ3) is 5.21. The summed E-state index contributed by atoms with van der Waals surface area (Å²) in [6, 6.07) is 12.4. The van der Waals surface area contributed by atoms with Crippen LogP contribution in [0.5, 0.6) is 0 Å². The zero-order valence-corrected chi connectivity index (χ0v) is 13.4. The number of aromatic nitrogens is 1. The van der Waals surface area contributed by atoms with Crippen molar-refractivity contribution in [2.75, 3.05) is 11.9 Å². The molecule has 24 heavy (non-hydrogen) atoms. The molecule has 0 aliphatic carbocycles. The summed E-state index contributed by atoms with van der Waals surface area (Å²) in [7, 11) is 0. The molecule has 0 saturated carbocycles. The van der Waals surface area contributed by atoms with Gasteiger partial charge in [0.1, 0.15) is 0 Å². The Labute approximate surface area is 140 Å². The Morgan fingerprint density at radius 2 is 2.00 bits per heavy atom. The van der Waals surface area contributed by atoms with Crippen molar-refractivity contribution in [1.29, 1.82) is 5.26 Å². The summed E-state index contributed by atoms with van der Waals surface area (Å²) in [4.78, 5) is 29.3. The number of amides is 2. The van der Waals surface area contributed by atoms with Gasteiger partial charge in [-0.25, -0.2) is 0 Å². The van der Waals surface area contributed by atoms with Crippen LogP contribution >= 0.6 is 0 Å². The molecule has 0 spiro atoms. The number of benzene rings is 1. The van der Waals surface area contributed by atoms with Gasteiger partial charge in [0.05, 0.1) is 11.6 Å². The zero-order valence-electron chi connectivity index (χ0n) is 13.4. The molecule has 0 saturated heterocycles. The molecule has 0 radical (unpaired) electrons. The van der Waals surface area contributed by atoms with Crippen molar-refractivity contribution in [3.05, 3.63) is 59.9 Å². The van der Waals surface area contributed by atoms with Crippen LogP contribution in [0.3, 0.4) is 0 Å². The molecule has 0 aliphatic rings. The molecule has 1 heterocycles. The first kappa shape index (κ1) is 17.2. The maximum Gasteiger partial charge on any atom is 0.226 e. The standard InChI is InChI=1S/C18H18N4O2/c1-14(23)22(13-15-5-8-20-9-6-15)10-7-18(24)21-17-4-2-3-16(11-17)12-19/h2-6,8-9,11H,7,10,13H2,1H3,(H,21,24). The van der Waals surface area contributed by atoms with E-state index in [0.717, 1.165) is 5.56 Å². The van der Waals surface area contributed by atoms with Crippen LogP contribution in [0.1, 0.15) is 24.5 Å². The van der Waals surface area contributed by atoms with E-state index in [1.807, 2.05) is 18.2 Å². The van der Waals surface area contributed by atoms with Crippen LogP contribution in [0.4, 0.5) is 5.69 Å². The molecule has 2 aromatic rings. The predicted octanol–water partition coefficient (Wildman–Crippen LogP) is 2.33. The van der Waals surface area contributed by atoms with Gasteiger partial charge in [0.25, 0.3) is 0 Å². The number of hydrogen-bond donors (Lipinski definition) is 1. The van der Waals surface area contributed by atoms with Crippen LogP contribution in [-0.4, -0.2) is 28.2 Å². The van der Waals surface area contributed by atoms with E-state index in [-0.39, 0.29) is 18.2 Å². The maximum absolute atomic E-state index is 12.0. The molecule has 6 heteroatoms. The number of anilines is 1. The highest BCUT2D eigenvalue weighted by atomic mass is 16.2. The molecular formula is C18H18N4O2. The molecule has 1 aromatic heterocycles. The first-order valence-electron chi connectivity index (χ1n) is 7.53. The highest BCUT2D eigenvalue weighted by Crippen LogP contribution is 2.11. The van der Waals surface area contributed by atoms with Crippen molar-refractivity contribution >= 4 is 17.5 Å². The summed E-state index contributed by atoms with van der Waals surface area (Å²) >= 11 is 0. The van der Waals surface area contributed by atoms with Crippen molar-refractivity contribution in [3.63, 3.8) is 0 Å². The van der Waals surface area contributed by atoms with E-state index in [1.54, 1.807) is 41.6 Å². The Morgan fingerprint density at radius 1 is 1.25 bits per heavy atom. The monoisotopic (exact) mass is 322 g/mol. The minimum Gasteiger partial charge on any atom is -0.338 e. The molecule has 1 aromatic carbocycles. The van der Waals surface area contributed by atoms with E-state index in [9.17, 15) is 9.59 Å². The topological polar surface area (TPSA) is 86.1 Å². The molecule has 6 nitrogen and oxygen atoms in total. The van der Waals surface area contributed by atoms with E-state index in [2.05, 4.69) is 10.3 Å². The maximum atomic E-state index is 12.0. The van der Waals surface area contributed by atoms with Crippen LogP contribution in [0.15, 0.2) is 48.8 Å².